The third kappa shape index (κ3) is 5.37. The summed E-state index contributed by atoms with van der Waals surface area (Å²) in [6.07, 6.45) is 2.61. The van der Waals surface area contributed by atoms with Crippen LogP contribution >= 0.6 is 0 Å². The van der Waals surface area contributed by atoms with Gasteiger partial charge in [0.25, 0.3) is 0 Å². The van der Waals surface area contributed by atoms with Crippen molar-refractivity contribution in [2.24, 2.45) is 5.73 Å². The van der Waals surface area contributed by atoms with E-state index in [-0.39, 0.29) is 18.1 Å². The van der Waals surface area contributed by atoms with Crippen LogP contribution in [0.1, 0.15) is 13.8 Å². The van der Waals surface area contributed by atoms with E-state index >= 15 is 0 Å². The number of hydrogen-bond donors (Lipinski definition) is 1. The summed E-state index contributed by atoms with van der Waals surface area (Å²) in [5, 5.41) is 8.64. The highest BCUT2D eigenvalue weighted by Crippen LogP contribution is 1.98. The SMILES string of the molecule is CCOC(=O)/C(C#N)=C\C=C(\N)OCC. The molecule has 0 amide bonds. The molecule has 5 nitrogen and oxygen atoms in total. The van der Waals surface area contributed by atoms with Crippen molar-refractivity contribution < 1.29 is 14.3 Å². The van der Waals surface area contributed by atoms with Crippen LogP contribution in [0.2, 0.25) is 0 Å². The van der Waals surface area contributed by atoms with E-state index < -0.39 is 5.97 Å². The Labute approximate surface area is 88.8 Å². The van der Waals surface area contributed by atoms with E-state index in [1.807, 2.05) is 0 Å². The monoisotopic (exact) mass is 210 g/mol. The van der Waals surface area contributed by atoms with Gasteiger partial charge < -0.3 is 15.2 Å². The Morgan fingerprint density at radius 1 is 1.33 bits per heavy atom. The molecule has 82 valence electrons. The molecule has 0 aromatic heterocycles. The van der Waals surface area contributed by atoms with Gasteiger partial charge in [-0.1, -0.05) is 0 Å². The molecule has 5 heteroatoms. The average molecular weight is 210 g/mol. The maximum Gasteiger partial charge on any atom is 0.348 e. The summed E-state index contributed by atoms with van der Waals surface area (Å²) in [6.45, 7) is 4.10. The van der Waals surface area contributed by atoms with Crippen LogP contribution in [0.5, 0.6) is 0 Å². The highest BCUT2D eigenvalue weighted by molar-refractivity contribution is 5.93. The second-order valence-electron chi connectivity index (χ2n) is 2.41. The van der Waals surface area contributed by atoms with Gasteiger partial charge >= 0.3 is 5.97 Å². The number of esters is 1. The first-order valence-electron chi connectivity index (χ1n) is 4.53. The Bertz CT molecular complexity index is 313. The summed E-state index contributed by atoms with van der Waals surface area (Å²) in [5.41, 5.74) is 5.28. The van der Waals surface area contributed by atoms with Crippen molar-refractivity contribution >= 4 is 5.97 Å². The quantitative estimate of drug-likeness (QED) is 0.239. The fourth-order valence-corrected chi connectivity index (χ4v) is 0.740. The predicted octanol–water partition coefficient (Wildman–Crippen LogP) is 0.836. The van der Waals surface area contributed by atoms with Crippen LogP contribution < -0.4 is 5.73 Å². The zero-order chi connectivity index (χ0) is 11.7. The largest absolute Gasteiger partial charge is 0.480 e. The summed E-state index contributed by atoms with van der Waals surface area (Å²) < 4.78 is 9.56. The lowest BCUT2D eigenvalue weighted by molar-refractivity contribution is -0.138. The van der Waals surface area contributed by atoms with Crippen LogP contribution in [0.4, 0.5) is 0 Å². The minimum Gasteiger partial charge on any atom is -0.480 e. The maximum atomic E-state index is 11.1. The lowest BCUT2D eigenvalue weighted by Crippen LogP contribution is -2.06. The van der Waals surface area contributed by atoms with Gasteiger partial charge in [-0.15, -0.1) is 0 Å². The second-order valence-corrected chi connectivity index (χ2v) is 2.41. The van der Waals surface area contributed by atoms with Crippen LogP contribution in [-0.2, 0) is 14.3 Å². The summed E-state index contributed by atoms with van der Waals surface area (Å²) in [4.78, 5) is 11.1. The van der Waals surface area contributed by atoms with E-state index in [0.29, 0.717) is 6.61 Å². The lowest BCUT2D eigenvalue weighted by atomic mass is 10.3. The predicted molar refractivity (Wildman–Crippen MR) is 54.2 cm³/mol. The molecule has 0 aliphatic heterocycles. The topological polar surface area (TPSA) is 85.3 Å². The highest BCUT2D eigenvalue weighted by atomic mass is 16.5. The number of allylic oxidation sites excluding steroid dienone is 2. The number of nitrogens with two attached hydrogens (primary N) is 1. The number of nitrogens with zero attached hydrogens (tertiary/aromatic N) is 1. The highest BCUT2D eigenvalue weighted by Gasteiger charge is 2.07. The van der Waals surface area contributed by atoms with E-state index in [1.165, 1.54) is 12.2 Å². The van der Waals surface area contributed by atoms with Crippen LogP contribution in [0.15, 0.2) is 23.6 Å². The Morgan fingerprint density at radius 3 is 2.40 bits per heavy atom. The van der Waals surface area contributed by atoms with Crippen molar-refractivity contribution in [2.45, 2.75) is 13.8 Å². The van der Waals surface area contributed by atoms with E-state index in [4.69, 9.17) is 15.7 Å². The molecule has 0 spiro atoms. The molecule has 0 aromatic rings. The maximum absolute atomic E-state index is 11.1. The molecule has 0 saturated heterocycles. The average Bonchev–Trinajstić information content (AvgIpc) is 2.19. The standard InChI is InChI=1S/C10H14N2O3/c1-3-14-9(12)6-5-8(7-11)10(13)15-4-2/h5-6H,3-4,12H2,1-2H3/b8-5-,9-6-. The molecule has 0 atom stereocenters. The molecular weight excluding hydrogens is 196 g/mol. The number of ether oxygens (including phenoxy) is 2. The van der Waals surface area contributed by atoms with E-state index in [1.54, 1.807) is 19.9 Å². The number of carbonyl (C=O) groups excluding carboxylic acids is 1. The van der Waals surface area contributed by atoms with Crippen molar-refractivity contribution in [3.8, 4) is 6.07 Å². The second kappa shape index (κ2) is 7.44. The van der Waals surface area contributed by atoms with Gasteiger partial charge in [0.2, 0.25) is 0 Å². The fourth-order valence-electron chi connectivity index (χ4n) is 0.740. The normalized spacial score (nSPS) is 11.8. The Hall–Kier alpha value is -1.96. The Balaban J connectivity index is 4.55. The zero-order valence-electron chi connectivity index (χ0n) is 8.82. The molecule has 2 N–H and O–H groups in total. The third-order valence-electron chi connectivity index (χ3n) is 1.34. The van der Waals surface area contributed by atoms with Crippen molar-refractivity contribution in [1.29, 1.82) is 5.26 Å². The molecule has 0 aliphatic rings. The van der Waals surface area contributed by atoms with Crippen LogP contribution in [0.3, 0.4) is 0 Å². The minimum atomic E-state index is -0.666. The summed E-state index contributed by atoms with van der Waals surface area (Å²) in [5.74, 6) is -0.518. The lowest BCUT2D eigenvalue weighted by Gasteiger charge is -2.00. The fraction of sp³-hybridized carbons (Fsp3) is 0.400. The zero-order valence-corrected chi connectivity index (χ0v) is 8.82. The molecule has 0 aromatic carbocycles. The van der Waals surface area contributed by atoms with Gasteiger partial charge in [0.15, 0.2) is 5.88 Å². The molecule has 0 aliphatic carbocycles. The number of rotatable bonds is 5. The first-order chi connectivity index (χ1) is 7.15. The van der Waals surface area contributed by atoms with Gasteiger partial charge in [-0.3, -0.25) is 0 Å². The van der Waals surface area contributed by atoms with Crippen LogP contribution in [0, 0.1) is 11.3 Å². The summed E-state index contributed by atoms with van der Waals surface area (Å²) in [6, 6.07) is 1.71. The molecule has 0 unspecified atom stereocenters. The van der Waals surface area contributed by atoms with Gasteiger partial charge in [0.1, 0.15) is 11.6 Å². The number of nitriles is 1. The van der Waals surface area contributed by atoms with Gasteiger partial charge in [-0.25, -0.2) is 4.79 Å². The molecule has 0 heterocycles. The van der Waals surface area contributed by atoms with Crippen molar-refractivity contribution in [1.82, 2.24) is 0 Å². The van der Waals surface area contributed by atoms with Gasteiger partial charge in [-0.2, -0.15) is 5.26 Å². The summed E-state index contributed by atoms with van der Waals surface area (Å²) in [7, 11) is 0. The van der Waals surface area contributed by atoms with Crippen LogP contribution in [0.25, 0.3) is 0 Å². The molecular formula is C10H14N2O3. The first-order valence-corrected chi connectivity index (χ1v) is 4.53. The molecule has 0 bridgehead atoms. The van der Waals surface area contributed by atoms with Gasteiger partial charge in [-0.05, 0) is 26.0 Å². The first kappa shape index (κ1) is 13.0. The molecule has 0 radical (unpaired) electrons. The van der Waals surface area contributed by atoms with Gasteiger partial charge in [0, 0.05) is 0 Å². The Morgan fingerprint density at radius 2 is 1.93 bits per heavy atom. The van der Waals surface area contributed by atoms with E-state index in [0.717, 1.165) is 0 Å². The van der Waals surface area contributed by atoms with Crippen molar-refractivity contribution in [3.05, 3.63) is 23.6 Å². The summed E-state index contributed by atoms with van der Waals surface area (Å²) >= 11 is 0. The van der Waals surface area contributed by atoms with Crippen LogP contribution in [-0.4, -0.2) is 19.2 Å². The van der Waals surface area contributed by atoms with E-state index in [9.17, 15) is 4.79 Å². The Kier molecular flexibility index (Phi) is 6.47. The number of carbonyl (C=O) groups is 1. The molecule has 15 heavy (non-hydrogen) atoms. The smallest absolute Gasteiger partial charge is 0.348 e. The van der Waals surface area contributed by atoms with Crippen molar-refractivity contribution in [2.75, 3.05) is 13.2 Å². The third-order valence-corrected chi connectivity index (χ3v) is 1.34. The molecule has 0 fully saturated rings. The van der Waals surface area contributed by atoms with E-state index in [2.05, 4.69) is 4.74 Å². The molecule has 0 saturated carbocycles. The van der Waals surface area contributed by atoms with Gasteiger partial charge in [0.05, 0.1) is 13.2 Å². The molecule has 0 rings (SSSR count). The minimum absolute atomic E-state index is 0.112. The van der Waals surface area contributed by atoms with Crippen molar-refractivity contribution in [3.63, 3.8) is 0 Å². The number of hydrogen-bond acceptors (Lipinski definition) is 5.